The molecule has 0 unspecified atom stereocenters. The zero-order valence-corrected chi connectivity index (χ0v) is 11.0. The maximum Gasteiger partial charge on any atom is 0.0891 e. The van der Waals surface area contributed by atoms with E-state index in [1.807, 2.05) is 11.3 Å². The molecule has 0 bridgehead atoms. The van der Waals surface area contributed by atoms with Gasteiger partial charge in [0.1, 0.15) is 0 Å². The Bertz CT molecular complexity index is 682. The van der Waals surface area contributed by atoms with Crippen molar-refractivity contribution in [1.82, 2.24) is 4.98 Å². The first-order valence-corrected chi connectivity index (χ1v) is 6.94. The van der Waals surface area contributed by atoms with Crippen LogP contribution >= 0.6 is 11.3 Å². The minimum absolute atomic E-state index is 1.00. The fraction of sp³-hybridized carbons (Fsp3) is 0.267. The van der Waals surface area contributed by atoms with Gasteiger partial charge < -0.3 is 0 Å². The minimum atomic E-state index is 1.00. The summed E-state index contributed by atoms with van der Waals surface area (Å²) in [6.45, 7) is 4.35. The molecule has 0 saturated heterocycles. The third-order valence-corrected chi connectivity index (χ3v) is 4.31. The number of thiophene rings is 1. The number of hydrogen-bond acceptors (Lipinski definition) is 2. The van der Waals surface area contributed by atoms with Crippen molar-refractivity contribution in [2.45, 2.75) is 26.7 Å². The molecule has 0 saturated carbocycles. The Balaban J connectivity index is 2.34. The first-order chi connectivity index (χ1) is 8.31. The van der Waals surface area contributed by atoms with Crippen LogP contribution in [0.15, 0.2) is 30.3 Å². The van der Waals surface area contributed by atoms with Crippen molar-refractivity contribution in [1.29, 1.82) is 0 Å². The van der Waals surface area contributed by atoms with Gasteiger partial charge in [-0.3, -0.25) is 4.98 Å². The van der Waals surface area contributed by atoms with Crippen molar-refractivity contribution in [3.63, 3.8) is 0 Å². The van der Waals surface area contributed by atoms with E-state index in [1.165, 1.54) is 31.6 Å². The van der Waals surface area contributed by atoms with E-state index in [-0.39, 0.29) is 0 Å². The summed E-state index contributed by atoms with van der Waals surface area (Å²) in [5.41, 5.74) is 3.75. The van der Waals surface area contributed by atoms with Gasteiger partial charge >= 0.3 is 0 Å². The van der Waals surface area contributed by atoms with Crippen LogP contribution in [-0.4, -0.2) is 4.98 Å². The molecular formula is C15H15NS. The molecule has 1 nitrogen and oxygen atoms in total. The van der Waals surface area contributed by atoms with Crippen molar-refractivity contribution < 1.29 is 0 Å². The van der Waals surface area contributed by atoms with Crippen molar-refractivity contribution >= 4 is 31.6 Å². The molecule has 0 N–H and O–H groups in total. The van der Waals surface area contributed by atoms with Crippen LogP contribution in [0, 0.1) is 0 Å². The number of benzene rings is 1. The van der Waals surface area contributed by atoms with Crippen molar-refractivity contribution in [2.75, 3.05) is 0 Å². The molecule has 0 amide bonds. The summed E-state index contributed by atoms with van der Waals surface area (Å²) in [7, 11) is 0. The van der Waals surface area contributed by atoms with E-state index >= 15 is 0 Å². The Kier molecular flexibility index (Phi) is 2.60. The second kappa shape index (κ2) is 4.11. The average molecular weight is 241 g/mol. The van der Waals surface area contributed by atoms with E-state index < -0.39 is 0 Å². The summed E-state index contributed by atoms with van der Waals surface area (Å²) >= 11 is 1.85. The molecular weight excluding hydrogens is 226 g/mol. The smallest absolute Gasteiger partial charge is 0.0891 e. The van der Waals surface area contributed by atoms with Gasteiger partial charge in [0.2, 0.25) is 0 Å². The molecule has 17 heavy (non-hydrogen) atoms. The van der Waals surface area contributed by atoms with Crippen molar-refractivity contribution in [2.24, 2.45) is 0 Å². The van der Waals surface area contributed by atoms with Crippen molar-refractivity contribution in [3.05, 3.63) is 41.6 Å². The number of hydrogen-bond donors (Lipinski definition) is 0. The third-order valence-electron chi connectivity index (χ3n) is 3.21. The lowest BCUT2D eigenvalue weighted by Crippen LogP contribution is -1.85. The number of aryl methyl sites for hydroxylation is 2. The molecule has 1 aromatic carbocycles. The normalized spacial score (nSPS) is 11.4. The van der Waals surface area contributed by atoms with Gasteiger partial charge in [-0.15, -0.1) is 11.3 Å². The zero-order chi connectivity index (χ0) is 11.8. The predicted octanol–water partition coefficient (Wildman–Crippen LogP) is 4.57. The Morgan fingerprint density at radius 3 is 2.65 bits per heavy atom. The maximum absolute atomic E-state index is 4.75. The van der Waals surface area contributed by atoms with Gasteiger partial charge in [-0.05, 0) is 36.6 Å². The standard InChI is InChI=1S/C15H15NS/c1-3-10-5-7-12-14(9-10)17-13-8-6-11(4-2)16-15(12)13/h5-9H,3-4H2,1-2H3. The van der Waals surface area contributed by atoms with Gasteiger partial charge in [0.05, 0.1) is 10.2 Å². The largest absolute Gasteiger partial charge is 0.251 e. The highest BCUT2D eigenvalue weighted by Crippen LogP contribution is 2.33. The molecule has 3 rings (SSSR count). The second-order valence-electron chi connectivity index (χ2n) is 4.29. The molecule has 0 aliphatic heterocycles. The maximum atomic E-state index is 4.75. The second-order valence-corrected chi connectivity index (χ2v) is 5.37. The van der Waals surface area contributed by atoms with E-state index in [0.717, 1.165) is 12.8 Å². The fourth-order valence-electron chi connectivity index (χ4n) is 2.14. The molecule has 2 aromatic heterocycles. The van der Waals surface area contributed by atoms with Gasteiger partial charge in [0, 0.05) is 15.8 Å². The lowest BCUT2D eigenvalue weighted by Gasteiger charge is -1.97. The quantitative estimate of drug-likeness (QED) is 0.640. The van der Waals surface area contributed by atoms with Gasteiger partial charge in [0.25, 0.3) is 0 Å². The topological polar surface area (TPSA) is 12.9 Å². The number of pyridine rings is 1. The van der Waals surface area contributed by atoms with Crippen LogP contribution in [0.4, 0.5) is 0 Å². The summed E-state index contributed by atoms with van der Waals surface area (Å²) in [5, 5.41) is 1.30. The SMILES string of the molecule is CCc1ccc2c(c1)sc1ccc(CC)nc12. The van der Waals surface area contributed by atoms with Crippen LogP contribution in [0.2, 0.25) is 0 Å². The van der Waals surface area contributed by atoms with Crippen LogP contribution in [-0.2, 0) is 12.8 Å². The first kappa shape index (κ1) is 10.7. The first-order valence-electron chi connectivity index (χ1n) is 6.13. The van der Waals surface area contributed by atoms with E-state index in [9.17, 15) is 0 Å². The number of fused-ring (bicyclic) bond motifs is 3. The summed E-state index contributed by atoms with van der Waals surface area (Å²) in [4.78, 5) is 4.75. The van der Waals surface area contributed by atoms with E-state index in [1.54, 1.807) is 0 Å². The summed E-state index contributed by atoms with van der Waals surface area (Å²) < 4.78 is 2.66. The van der Waals surface area contributed by atoms with E-state index in [4.69, 9.17) is 4.98 Å². The van der Waals surface area contributed by atoms with Crippen LogP contribution < -0.4 is 0 Å². The molecule has 0 radical (unpaired) electrons. The molecule has 0 fully saturated rings. The summed E-state index contributed by atoms with van der Waals surface area (Å²) in [5.74, 6) is 0. The monoisotopic (exact) mass is 241 g/mol. The van der Waals surface area contributed by atoms with Crippen LogP contribution in [0.25, 0.3) is 20.3 Å². The van der Waals surface area contributed by atoms with Crippen LogP contribution in [0.1, 0.15) is 25.1 Å². The summed E-state index contributed by atoms with van der Waals surface area (Å²) in [6, 6.07) is 11.1. The van der Waals surface area contributed by atoms with Crippen LogP contribution in [0.5, 0.6) is 0 Å². The zero-order valence-electron chi connectivity index (χ0n) is 10.2. The summed E-state index contributed by atoms with van der Waals surface area (Å²) in [6.07, 6.45) is 2.10. The Labute approximate surface area is 105 Å². The molecule has 2 heterocycles. The molecule has 0 spiro atoms. The molecule has 86 valence electrons. The van der Waals surface area contributed by atoms with E-state index in [0.29, 0.717) is 0 Å². The highest BCUT2D eigenvalue weighted by molar-refractivity contribution is 7.25. The predicted molar refractivity (Wildman–Crippen MR) is 75.9 cm³/mol. The van der Waals surface area contributed by atoms with E-state index in [2.05, 4.69) is 44.2 Å². The Morgan fingerprint density at radius 2 is 1.88 bits per heavy atom. The van der Waals surface area contributed by atoms with Crippen LogP contribution in [0.3, 0.4) is 0 Å². The van der Waals surface area contributed by atoms with Crippen molar-refractivity contribution in [3.8, 4) is 0 Å². The number of aromatic nitrogens is 1. The fourth-order valence-corrected chi connectivity index (χ4v) is 3.25. The Morgan fingerprint density at radius 1 is 1.00 bits per heavy atom. The lowest BCUT2D eigenvalue weighted by molar-refractivity contribution is 1.06. The average Bonchev–Trinajstić information content (AvgIpc) is 2.74. The highest BCUT2D eigenvalue weighted by atomic mass is 32.1. The minimum Gasteiger partial charge on any atom is -0.251 e. The number of rotatable bonds is 2. The molecule has 0 atom stereocenters. The molecule has 0 aliphatic rings. The van der Waals surface area contributed by atoms with Gasteiger partial charge in [-0.25, -0.2) is 0 Å². The van der Waals surface area contributed by atoms with Gasteiger partial charge in [0.15, 0.2) is 0 Å². The Hall–Kier alpha value is -1.41. The molecule has 0 aliphatic carbocycles. The molecule has 3 aromatic rings. The van der Waals surface area contributed by atoms with Gasteiger partial charge in [-0.1, -0.05) is 26.0 Å². The lowest BCUT2D eigenvalue weighted by atomic mass is 10.1. The van der Waals surface area contributed by atoms with Gasteiger partial charge in [-0.2, -0.15) is 0 Å². The molecule has 2 heteroatoms. The third kappa shape index (κ3) is 1.73. The number of nitrogens with zero attached hydrogens (tertiary/aromatic N) is 1. The highest BCUT2D eigenvalue weighted by Gasteiger charge is 2.07.